The Morgan fingerprint density at radius 1 is 0.327 bits per heavy atom. The molecule has 0 radical (unpaired) electrons. The lowest BCUT2D eigenvalue weighted by Crippen LogP contribution is -2.37. The van der Waals surface area contributed by atoms with Crippen molar-refractivity contribution in [3.63, 3.8) is 0 Å². The van der Waals surface area contributed by atoms with Gasteiger partial charge in [0.1, 0.15) is 19.8 Å². The van der Waals surface area contributed by atoms with E-state index in [1.807, 2.05) is 21.1 Å². The van der Waals surface area contributed by atoms with Gasteiger partial charge in [-0.1, -0.05) is 352 Å². The molecule has 560 valence electrons. The number of ether oxygens (including phenoxy) is 2. The van der Waals surface area contributed by atoms with Gasteiger partial charge in [0.15, 0.2) is 6.10 Å². The highest BCUT2D eigenvalue weighted by Gasteiger charge is 2.27. The lowest BCUT2D eigenvalue weighted by molar-refractivity contribution is -0.870. The number of unbranched alkanes of at least 4 members (excludes halogenated alkanes) is 33. The van der Waals surface area contributed by atoms with Gasteiger partial charge in [-0.15, -0.1) is 0 Å². The molecule has 0 amide bonds. The summed E-state index contributed by atoms with van der Waals surface area (Å²) in [5.74, 6) is -0.825. The zero-order chi connectivity index (χ0) is 71.1. The van der Waals surface area contributed by atoms with Crippen LogP contribution in [0.3, 0.4) is 0 Å². The van der Waals surface area contributed by atoms with Gasteiger partial charge in [-0.05, 0) is 128 Å². The lowest BCUT2D eigenvalue weighted by Gasteiger charge is -2.24. The number of esters is 2. The molecule has 0 aliphatic rings. The Morgan fingerprint density at radius 2 is 0.582 bits per heavy atom. The first kappa shape index (κ1) is 93.6. The van der Waals surface area contributed by atoms with Crippen LogP contribution in [0.5, 0.6) is 0 Å². The summed E-state index contributed by atoms with van der Waals surface area (Å²) in [5, 5.41) is 0. The summed E-state index contributed by atoms with van der Waals surface area (Å²) in [6.07, 6.45) is 115. The zero-order valence-corrected chi connectivity index (χ0v) is 64.9. The summed E-state index contributed by atoms with van der Waals surface area (Å²) < 4.78 is 34.8. The highest BCUT2D eigenvalue weighted by atomic mass is 31.2. The Bertz CT molecular complexity index is 2220. The zero-order valence-electron chi connectivity index (χ0n) is 64.0. The van der Waals surface area contributed by atoms with Crippen LogP contribution in [0.2, 0.25) is 0 Å². The maximum Gasteiger partial charge on any atom is 0.472 e. The minimum Gasteiger partial charge on any atom is -0.462 e. The lowest BCUT2D eigenvalue weighted by atomic mass is 10.0. The monoisotopic (exact) mass is 1380 g/mol. The number of phosphoric ester groups is 1. The highest BCUT2D eigenvalue weighted by Crippen LogP contribution is 2.43. The largest absolute Gasteiger partial charge is 0.472 e. The SMILES string of the molecule is CC/C=C\C/C=C\C/C=C\C/C=C\C/C=C\C/C=C\C/C=C\C/C=C\C/C=C\C/C=C\C/C=C\C/C=C\CCCCCCC(=O)OC(COC(=O)CCCCCCCCCCCCCCCCCCCCCCC/C=C\CCCCCCCCCC)COP(=O)(O)OCC[N+](C)(C)C. The first-order valence-electron chi connectivity index (χ1n) is 40.2. The van der Waals surface area contributed by atoms with Crippen LogP contribution in [0.1, 0.15) is 335 Å². The van der Waals surface area contributed by atoms with E-state index in [1.165, 1.54) is 180 Å². The van der Waals surface area contributed by atoms with Crippen LogP contribution >= 0.6 is 7.82 Å². The van der Waals surface area contributed by atoms with Gasteiger partial charge in [0.2, 0.25) is 0 Å². The minimum atomic E-state index is -4.41. The van der Waals surface area contributed by atoms with Crippen LogP contribution in [0.25, 0.3) is 0 Å². The molecule has 0 heterocycles. The van der Waals surface area contributed by atoms with E-state index < -0.39 is 26.5 Å². The van der Waals surface area contributed by atoms with E-state index in [2.05, 4.69) is 172 Å². The summed E-state index contributed by atoms with van der Waals surface area (Å²) in [6, 6.07) is 0. The standard InChI is InChI=1S/C88H150NO8P/c1-6-8-10-12-14-16-18-20-22-24-26-28-30-32-34-36-38-40-41-42-43-44-45-46-47-49-51-53-55-57-59-61-63-65-67-69-71-73-75-77-79-81-88(91)97-86(85-96-98(92,93)95-83-82-89(3,4)5)84-94-87(90)80-78-76-74-72-70-68-66-64-62-60-58-56-54-52-50-48-39-37-35-33-31-29-27-25-23-21-19-17-15-13-11-9-7-2/h8,10,14,16,20,22,25-28,32,34,38,40,42-43,45-46,49,51,55,57,61,63,67,69,86H,6-7,9,11-13,15,17-19,21,23-24,29-31,33,35-37,39,41,44,47-48,50,52-54,56,58-60,62,64-66,68,70-85H2,1-5H3/p+1/b10-8-,16-14-,22-20-,27-25-,28-26-,34-32-,40-38-,43-42-,46-45-,51-49-,57-55-,63-61-,69-67-. The Labute approximate surface area is 605 Å². The van der Waals surface area contributed by atoms with E-state index in [-0.39, 0.29) is 32.0 Å². The predicted molar refractivity (Wildman–Crippen MR) is 426 cm³/mol. The van der Waals surface area contributed by atoms with Crippen LogP contribution < -0.4 is 0 Å². The van der Waals surface area contributed by atoms with Crippen LogP contribution in [-0.2, 0) is 32.7 Å². The Hall–Kier alpha value is -4.37. The van der Waals surface area contributed by atoms with Crippen molar-refractivity contribution in [2.45, 2.75) is 341 Å². The van der Waals surface area contributed by atoms with Crippen LogP contribution in [0.15, 0.2) is 158 Å². The first-order chi connectivity index (χ1) is 48.0. The van der Waals surface area contributed by atoms with Gasteiger partial charge in [-0.2, -0.15) is 0 Å². The Balaban J connectivity index is 4.09. The molecule has 10 heteroatoms. The van der Waals surface area contributed by atoms with Crippen molar-refractivity contribution in [2.24, 2.45) is 0 Å². The molecule has 9 nitrogen and oxygen atoms in total. The van der Waals surface area contributed by atoms with Gasteiger partial charge in [0, 0.05) is 12.8 Å². The van der Waals surface area contributed by atoms with E-state index in [1.54, 1.807) is 0 Å². The Kier molecular flexibility index (Phi) is 73.4. The number of carbonyl (C=O) groups excluding carboxylic acids is 2. The molecule has 0 bridgehead atoms. The summed E-state index contributed by atoms with van der Waals surface area (Å²) in [7, 11) is 1.45. The van der Waals surface area contributed by atoms with E-state index in [0.29, 0.717) is 17.4 Å². The number of carbonyl (C=O) groups is 2. The molecule has 0 spiro atoms. The topological polar surface area (TPSA) is 108 Å². The van der Waals surface area contributed by atoms with Crippen molar-refractivity contribution < 1.29 is 42.1 Å². The Morgan fingerprint density at radius 3 is 0.878 bits per heavy atom. The summed E-state index contributed by atoms with van der Waals surface area (Å²) in [6.45, 7) is 4.31. The molecule has 0 aromatic carbocycles. The minimum absolute atomic E-state index is 0.0200. The number of rotatable bonds is 73. The van der Waals surface area contributed by atoms with Crippen molar-refractivity contribution in [3.8, 4) is 0 Å². The van der Waals surface area contributed by atoms with Crippen molar-refractivity contribution in [1.29, 1.82) is 0 Å². The second-order valence-electron chi connectivity index (χ2n) is 27.7. The molecule has 0 aliphatic heterocycles. The number of likely N-dealkylation sites (N-methyl/N-ethyl adjacent to an activating group) is 1. The third-order valence-corrected chi connectivity index (χ3v) is 18.0. The van der Waals surface area contributed by atoms with Crippen LogP contribution in [0, 0.1) is 0 Å². The van der Waals surface area contributed by atoms with Crippen LogP contribution in [-0.4, -0.2) is 74.9 Å². The molecule has 0 fully saturated rings. The smallest absolute Gasteiger partial charge is 0.462 e. The number of quaternary nitrogens is 1. The molecule has 2 unspecified atom stereocenters. The molecule has 0 saturated heterocycles. The summed E-state index contributed by atoms with van der Waals surface area (Å²) >= 11 is 0. The molecule has 0 aromatic heterocycles. The summed E-state index contributed by atoms with van der Waals surface area (Å²) in [4.78, 5) is 36.0. The van der Waals surface area contributed by atoms with Crippen molar-refractivity contribution >= 4 is 19.8 Å². The van der Waals surface area contributed by atoms with Crippen LogP contribution in [0.4, 0.5) is 0 Å². The molecule has 0 rings (SSSR count). The van der Waals surface area contributed by atoms with Gasteiger partial charge in [0.05, 0.1) is 27.7 Å². The van der Waals surface area contributed by atoms with Gasteiger partial charge in [-0.3, -0.25) is 18.6 Å². The molecule has 0 saturated carbocycles. The van der Waals surface area contributed by atoms with Gasteiger partial charge < -0.3 is 18.9 Å². The fourth-order valence-electron chi connectivity index (χ4n) is 10.9. The van der Waals surface area contributed by atoms with Gasteiger partial charge in [-0.25, -0.2) is 4.57 Å². The molecule has 0 aromatic rings. The van der Waals surface area contributed by atoms with Crippen molar-refractivity contribution in [3.05, 3.63) is 158 Å². The fourth-order valence-corrected chi connectivity index (χ4v) is 11.7. The average Bonchev–Trinajstić information content (AvgIpc) is 1.08. The van der Waals surface area contributed by atoms with Gasteiger partial charge >= 0.3 is 19.8 Å². The second-order valence-corrected chi connectivity index (χ2v) is 29.2. The summed E-state index contributed by atoms with van der Waals surface area (Å²) in [5.41, 5.74) is 0. The molecule has 1 N–H and O–H groups in total. The molecule has 98 heavy (non-hydrogen) atoms. The molecule has 0 aliphatic carbocycles. The highest BCUT2D eigenvalue weighted by molar-refractivity contribution is 7.47. The third kappa shape index (κ3) is 80.6. The number of nitrogens with zero attached hydrogens (tertiary/aromatic N) is 1. The quantitative estimate of drug-likeness (QED) is 0.0211. The predicted octanol–water partition coefficient (Wildman–Crippen LogP) is 27.1. The van der Waals surface area contributed by atoms with E-state index >= 15 is 0 Å². The first-order valence-corrected chi connectivity index (χ1v) is 41.7. The number of phosphoric acid groups is 1. The average molecular weight is 1380 g/mol. The molecular weight excluding hydrogens is 1230 g/mol. The third-order valence-electron chi connectivity index (χ3n) is 17.0. The van der Waals surface area contributed by atoms with Crippen molar-refractivity contribution in [2.75, 3.05) is 47.5 Å². The maximum absolute atomic E-state index is 12.9. The fraction of sp³-hybridized carbons (Fsp3) is 0.682. The maximum atomic E-state index is 12.9. The number of allylic oxidation sites excluding steroid dienone is 26. The van der Waals surface area contributed by atoms with E-state index in [0.717, 1.165) is 122 Å². The van der Waals surface area contributed by atoms with E-state index in [4.69, 9.17) is 18.5 Å². The van der Waals surface area contributed by atoms with Gasteiger partial charge in [0.25, 0.3) is 0 Å². The molecular formula is C88H151NO8P+. The van der Waals surface area contributed by atoms with Crippen molar-refractivity contribution in [1.82, 2.24) is 0 Å². The number of hydrogen-bond acceptors (Lipinski definition) is 7. The normalized spacial score (nSPS) is 13.9. The van der Waals surface area contributed by atoms with E-state index in [9.17, 15) is 19.0 Å². The molecule has 2 atom stereocenters. The number of hydrogen-bond donors (Lipinski definition) is 1. The second kappa shape index (κ2) is 76.8.